The molecule has 3 amide bonds. The van der Waals surface area contributed by atoms with E-state index in [1.807, 2.05) is 42.0 Å². The molecular formula is C23H22N4O3S. The number of thiazole rings is 1. The molecule has 5 rings (SSSR count). The van der Waals surface area contributed by atoms with Crippen molar-refractivity contribution < 1.29 is 14.4 Å². The number of Topliss-reactive ketones (excluding diaryl/α,β-unsaturated/α-hetero) is 1. The van der Waals surface area contributed by atoms with Crippen LogP contribution in [0.25, 0.3) is 5.13 Å². The first-order valence-corrected chi connectivity index (χ1v) is 11.1. The van der Waals surface area contributed by atoms with Crippen LogP contribution in [-0.4, -0.2) is 44.3 Å². The minimum atomic E-state index is -0.955. The molecule has 3 aromatic rings. The maximum atomic E-state index is 13.3. The monoisotopic (exact) mass is 434 g/mol. The summed E-state index contributed by atoms with van der Waals surface area (Å²) >= 11 is 1.48. The van der Waals surface area contributed by atoms with E-state index in [0.29, 0.717) is 18.4 Å². The molecule has 1 unspecified atom stereocenters. The highest BCUT2D eigenvalue weighted by Gasteiger charge is 2.52. The van der Waals surface area contributed by atoms with Crippen molar-refractivity contribution in [2.75, 3.05) is 6.54 Å². The predicted molar refractivity (Wildman–Crippen MR) is 117 cm³/mol. The van der Waals surface area contributed by atoms with E-state index in [4.69, 9.17) is 0 Å². The van der Waals surface area contributed by atoms with Crippen LogP contribution in [0.3, 0.4) is 0 Å². The van der Waals surface area contributed by atoms with E-state index in [1.165, 1.54) is 16.9 Å². The molecule has 1 atom stereocenters. The lowest BCUT2D eigenvalue weighted by atomic mass is 9.78. The Hall–Kier alpha value is -3.26. The lowest BCUT2D eigenvalue weighted by molar-refractivity contribution is -0.131. The average Bonchev–Trinajstić information content (AvgIpc) is 3.43. The highest BCUT2D eigenvalue weighted by molar-refractivity contribution is 7.12. The van der Waals surface area contributed by atoms with Crippen LogP contribution in [0.1, 0.15) is 39.3 Å². The van der Waals surface area contributed by atoms with Crippen LogP contribution in [0.4, 0.5) is 4.79 Å². The normalized spacial score (nSPS) is 20.3. The number of carbonyl (C=O) groups is 3. The van der Waals surface area contributed by atoms with E-state index >= 15 is 0 Å². The van der Waals surface area contributed by atoms with Gasteiger partial charge in [-0.1, -0.05) is 24.3 Å². The lowest BCUT2D eigenvalue weighted by Crippen LogP contribution is -2.51. The van der Waals surface area contributed by atoms with Crippen molar-refractivity contribution in [3.05, 3.63) is 70.0 Å². The Bertz CT molecular complexity index is 1210. The zero-order valence-electron chi connectivity index (χ0n) is 17.3. The molecule has 8 heteroatoms. The Labute approximate surface area is 183 Å². The number of hydrogen-bond donors (Lipinski definition) is 1. The maximum absolute atomic E-state index is 13.3. The van der Waals surface area contributed by atoms with E-state index < -0.39 is 11.6 Å². The summed E-state index contributed by atoms with van der Waals surface area (Å²) in [7, 11) is 0. The standard InChI is InChI=1S/C23H22N4O3S/c1-14-11-18(15(2)27(14)22-24-9-10-31-22)19(28)13-26-20(29)23(25-21(26)30)8-7-16-5-3-4-6-17(16)12-23/h3-6,9-11H,7-8,12-13H2,1-2H3,(H,25,30). The fraction of sp³-hybridized carbons (Fsp3) is 0.304. The molecule has 7 nitrogen and oxygen atoms in total. The fourth-order valence-corrected chi connectivity index (χ4v) is 5.49. The summed E-state index contributed by atoms with van der Waals surface area (Å²) in [6.07, 6.45) is 3.43. The fourth-order valence-electron chi connectivity index (χ4n) is 4.74. The van der Waals surface area contributed by atoms with Crippen molar-refractivity contribution >= 4 is 29.1 Å². The van der Waals surface area contributed by atoms with E-state index in [0.717, 1.165) is 33.4 Å². The third-order valence-electron chi connectivity index (χ3n) is 6.32. The van der Waals surface area contributed by atoms with Gasteiger partial charge in [-0.05, 0) is 43.9 Å². The van der Waals surface area contributed by atoms with E-state index in [9.17, 15) is 14.4 Å². The van der Waals surface area contributed by atoms with E-state index in [2.05, 4.69) is 16.4 Å². The number of hydrogen-bond acceptors (Lipinski definition) is 5. The molecule has 1 aliphatic heterocycles. The van der Waals surface area contributed by atoms with Crippen molar-refractivity contribution in [3.8, 4) is 5.13 Å². The number of urea groups is 1. The summed E-state index contributed by atoms with van der Waals surface area (Å²) in [5.74, 6) is -0.568. The number of amides is 3. The van der Waals surface area contributed by atoms with Crippen molar-refractivity contribution in [2.45, 2.75) is 38.6 Å². The number of imide groups is 1. The van der Waals surface area contributed by atoms with Crippen LogP contribution in [-0.2, 0) is 17.6 Å². The van der Waals surface area contributed by atoms with Gasteiger partial charge in [0.2, 0.25) is 0 Å². The molecule has 158 valence electrons. The number of aryl methyl sites for hydroxylation is 2. The number of fused-ring (bicyclic) bond motifs is 1. The molecule has 31 heavy (non-hydrogen) atoms. The van der Waals surface area contributed by atoms with E-state index in [1.54, 1.807) is 12.3 Å². The molecule has 1 spiro atoms. The third-order valence-corrected chi connectivity index (χ3v) is 7.08. The smallest absolute Gasteiger partial charge is 0.323 e. The summed E-state index contributed by atoms with van der Waals surface area (Å²) < 4.78 is 1.92. The first-order chi connectivity index (χ1) is 14.9. The summed E-state index contributed by atoms with van der Waals surface area (Å²) in [6.45, 7) is 3.50. The Kier molecular flexibility index (Phi) is 4.55. The van der Waals surface area contributed by atoms with Crippen molar-refractivity contribution in [3.63, 3.8) is 0 Å². The molecule has 1 N–H and O–H groups in total. The molecule has 1 aromatic carbocycles. The van der Waals surface area contributed by atoms with Gasteiger partial charge < -0.3 is 5.32 Å². The van der Waals surface area contributed by atoms with Gasteiger partial charge in [-0.15, -0.1) is 11.3 Å². The van der Waals surface area contributed by atoms with Gasteiger partial charge in [-0.25, -0.2) is 9.78 Å². The van der Waals surface area contributed by atoms with Crippen LogP contribution in [0.15, 0.2) is 41.9 Å². The zero-order chi connectivity index (χ0) is 21.8. The molecule has 1 saturated heterocycles. The first-order valence-electron chi connectivity index (χ1n) is 10.2. The van der Waals surface area contributed by atoms with Crippen LogP contribution >= 0.6 is 11.3 Å². The van der Waals surface area contributed by atoms with Gasteiger partial charge in [-0.2, -0.15) is 0 Å². The third kappa shape index (κ3) is 3.09. The lowest BCUT2D eigenvalue weighted by Gasteiger charge is -2.32. The second kappa shape index (κ2) is 7.16. The number of aromatic nitrogens is 2. The van der Waals surface area contributed by atoms with Crippen molar-refractivity contribution in [2.24, 2.45) is 0 Å². The quantitative estimate of drug-likeness (QED) is 0.505. The van der Waals surface area contributed by atoms with Gasteiger partial charge in [0.25, 0.3) is 5.91 Å². The Morgan fingerprint density at radius 1 is 1.23 bits per heavy atom. The van der Waals surface area contributed by atoms with Gasteiger partial charge in [0.1, 0.15) is 5.54 Å². The van der Waals surface area contributed by atoms with Gasteiger partial charge >= 0.3 is 6.03 Å². The molecule has 0 saturated carbocycles. The maximum Gasteiger partial charge on any atom is 0.325 e. The van der Waals surface area contributed by atoms with Crippen molar-refractivity contribution in [1.82, 2.24) is 19.8 Å². The minimum absolute atomic E-state index is 0.257. The Morgan fingerprint density at radius 2 is 2.00 bits per heavy atom. The van der Waals surface area contributed by atoms with Crippen LogP contribution < -0.4 is 5.32 Å². The van der Waals surface area contributed by atoms with Gasteiger partial charge in [0.05, 0.1) is 6.54 Å². The van der Waals surface area contributed by atoms with Crippen LogP contribution in [0.2, 0.25) is 0 Å². The predicted octanol–water partition coefficient (Wildman–Crippen LogP) is 3.21. The molecule has 2 aromatic heterocycles. The number of benzene rings is 1. The van der Waals surface area contributed by atoms with Crippen LogP contribution in [0.5, 0.6) is 0 Å². The first kappa shape index (κ1) is 19.7. The summed E-state index contributed by atoms with van der Waals surface area (Å²) in [6, 6.07) is 9.29. The molecule has 1 fully saturated rings. The van der Waals surface area contributed by atoms with Crippen molar-refractivity contribution in [1.29, 1.82) is 0 Å². The summed E-state index contributed by atoms with van der Waals surface area (Å²) in [4.78, 5) is 44.5. The number of nitrogens with zero attached hydrogens (tertiary/aromatic N) is 3. The molecular weight excluding hydrogens is 412 g/mol. The van der Waals surface area contributed by atoms with E-state index in [-0.39, 0.29) is 18.2 Å². The second-order valence-electron chi connectivity index (χ2n) is 8.21. The minimum Gasteiger partial charge on any atom is -0.323 e. The highest BCUT2D eigenvalue weighted by atomic mass is 32.1. The number of nitrogens with one attached hydrogen (secondary N) is 1. The largest absolute Gasteiger partial charge is 0.325 e. The number of ketones is 1. The second-order valence-corrected chi connectivity index (χ2v) is 9.08. The average molecular weight is 435 g/mol. The molecule has 0 bridgehead atoms. The van der Waals surface area contributed by atoms with Gasteiger partial charge in [0, 0.05) is 34.9 Å². The number of rotatable bonds is 4. The highest BCUT2D eigenvalue weighted by Crippen LogP contribution is 2.34. The summed E-state index contributed by atoms with van der Waals surface area (Å²) in [5.41, 5.74) is 3.47. The Morgan fingerprint density at radius 3 is 2.74 bits per heavy atom. The Balaban J connectivity index is 1.39. The molecule has 0 radical (unpaired) electrons. The van der Waals surface area contributed by atoms with Crippen LogP contribution in [0, 0.1) is 13.8 Å². The topological polar surface area (TPSA) is 84.3 Å². The molecule has 2 aliphatic rings. The van der Waals surface area contributed by atoms with Gasteiger partial charge in [0.15, 0.2) is 10.9 Å². The SMILES string of the molecule is Cc1cc(C(=O)CN2C(=O)NC3(CCc4ccccc4C3)C2=O)c(C)n1-c1nccs1. The van der Waals surface area contributed by atoms with Gasteiger partial charge in [-0.3, -0.25) is 19.1 Å². The molecule has 3 heterocycles. The zero-order valence-corrected chi connectivity index (χ0v) is 18.2. The number of carbonyl (C=O) groups excluding carboxylic acids is 3. The molecule has 1 aliphatic carbocycles. The summed E-state index contributed by atoms with van der Waals surface area (Å²) in [5, 5.41) is 5.55.